The van der Waals surface area contributed by atoms with Gasteiger partial charge < -0.3 is 14.8 Å². The summed E-state index contributed by atoms with van der Waals surface area (Å²) in [5.74, 6) is 1.52. The molecule has 0 bridgehead atoms. The fourth-order valence-corrected chi connectivity index (χ4v) is 4.85. The minimum absolute atomic E-state index is 0.516. The third-order valence-corrected chi connectivity index (χ3v) is 6.38. The predicted molar refractivity (Wildman–Crippen MR) is 108 cm³/mol. The van der Waals surface area contributed by atoms with Crippen LogP contribution in [0.4, 0.5) is 5.69 Å². The Balaban J connectivity index is 1.55. The van der Waals surface area contributed by atoms with Crippen LogP contribution in [0.5, 0.6) is 11.5 Å². The highest BCUT2D eigenvalue weighted by atomic mass is 16.5. The van der Waals surface area contributed by atoms with Crippen LogP contribution < -0.4 is 14.8 Å². The average Bonchev–Trinajstić information content (AvgIpc) is 3.45. The molecular weight excluding hydrogens is 338 g/mol. The number of anilines is 1. The van der Waals surface area contributed by atoms with E-state index in [1.807, 2.05) is 6.07 Å². The maximum absolute atomic E-state index is 5.58. The molecule has 1 aromatic carbocycles. The number of benzene rings is 1. The molecule has 0 radical (unpaired) electrons. The van der Waals surface area contributed by atoms with Gasteiger partial charge in [-0.05, 0) is 63.1 Å². The molecular formula is C22H29N3O2. The highest BCUT2D eigenvalue weighted by Gasteiger charge is 2.33. The lowest BCUT2D eigenvalue weighted by Crippen LogP contribution is -2.43. The number of fused-ring (bicyclic) bond motifs is 2. The number of methoxy groups -OCH3 is 2. The predicted octanol–water partition coefficient (Wildman–Crippen LogP) is 3.78. The van der Waals surface area contributed by atoms with Gasteiger partial charge in [-0.15, -0.1) is 0 Å². The number of hydrogen-bond acceptors (Lipinski definition) is 5. The zero-order valence-corrected chi connectivity index (χ0v) is 16.4. The van der Waals surface area contributed by atoms with Gasteiger partial charge in [-0.3, -0.25) is 9.88 Å². The average molecular weight is 367 g/mol. The summed E-state index contributed by atoms with van der Waals surface area (Å²) in [7, 11) is 3.39. The molecule has 2 heterocycles. The lowest BCUT2D eigenvalue weighted by Gasteiger charge is -2.34. The van der Waals surface area contributed by atoms with Gasteiger partial charge in [0, 0.05) is 41.5 Å². The van der Waals surface area contributed by atoms with Crippen LogP contribution in [0.3, 0.4) is 0 Å². The third-order valence-electron chi connectivity index (χ3n) is 6.38. The van der Waals surface area contributed by atoms with Crippen LogP contribution >= 0.6 is 0 Å². The van der Waals surface area contributed by atoms with Crippen molar-refractivity contribution in [2.75, 3.05) is 32.6 Å². The summed E-state index contributed by atoms with van der Waals surface area (Å²) in [6, 6.07) is 5.49. The van der Waals surface area contributed by atoms with E-state index < -0.39 is 0 Å². The molecule has 0 spiro atoms. The molecule has 2 aliphatic carbocycles. The van der Waals surface area contributed by atoms with E-state index in [1.165, 1.54) is 55.6 Å². The highest BCUT2D eigenvalue weighted by Crippen LogP contribution is 2.40. The second kappa shape index (κ2) is 6.86. The van der Waals surface area contributed by atoms with E-state index in [2.05, 4.69) is 16.3 Å². The van der Waals surface area contributed by atoms with Crippen molar-refractivity contribution in [1.82, 2.24) is 9.88 Å². The molecule has 5 nitrogen and oxygen atoms in total. The Bertz CT molecular complexity index is 862. The SMILES string of the molecule is COc1cc2nc3c(c(N[C@@H]4CCCN(C5CC5)C4)c2cc1OC)CCC3. The van der Waals surface area contributed by atoms with Crippen LogP contribution in [0.2, 0.25) is 0 Å². The number of nitrogens with one attached hydrogen (secondary N) is 1. The molecule has 3 aliphatic rings. The van der Waals surface area contributed by atoms with E-state index in [0.29, 0.717) is 6.04 Å². The molecule has 5 heteroatoms. The van der Waals surface area contributed by atoms with Crippen molar-refractivity contribution in [3.8, 4) is 11.5 Å². The van der Waals surface area contributed by atoms with Gasteiger partial charge in [0.2, 0.25) is 0 Å². The Morgan fingerprint density at radius 1 is 1.04 bits per heavy atom. The Morgan fingerprint density at radius 2 is 1.85 bits per heavy atom. The summed E-state index contributed by atoms with van der Waals surface area (Å²) in [5, 5.41) is 5.11. The Kier molecular flexibility index (Phi) is 4.35. The Labute approximate surface area is 161 Å². The highest BCUT2D eigenvalue weighted by molar-refractivity contribution is 5.96. The molecule has 2 aromatic rings. The Morgan fingerprint density at radius 3 is 2.63 bits per heavy atom. The number of hydrogen-bond donors (Lipinski definition) is 1. The molecule has 5 rings (SSSR count). The molecule has 1 saturated carbocycles. The van der Waals surface area contributed by atoms with Gasteiger partial charge in [0.25, 0.3) is 0 Å². The zero-order valence-electron chi connectivity index (χ0n) is 16.4. The van der Waals surface area contributed by atoms with Gasteiger partial charge in [-0.1, -0.05) is 0 Å². The Hall–Kier alpha value is -2.01. The molecule has 1 aliphatic heterocycles. The van der Waals surface area contributed by atoms with E-state index in [4.69, 9.17) is 14.5 Å². The molecule has 1 atom stereocenters. The summed E-state index contributed by atoms with van der Waals surface area (Å²) in [6.45, 7) is 2.43. The molecule has 27 heavy (non-hydrogen) atoms. The normalized spacial score (nSPS) is 22.7. The van der Waals surface area contributed by atoms with Gasteiger partial charge in [-0.25, -0.2) is 0 Å². The third kappa shape index (κ3) is 3.12. The standard InChI is InChI=1S/C22H29N3O2/c1-26-20-11-17-19(12-21(20)27-2)24-18-7-3-6-16(18)22(17)23-14-5-4-10-25(13-14)15-8-9-15/h11-12,14-15H,3-10,13H2,1-2H3,(H,23,24)/t14-/m1/s1. The van der Waals surface area contributed by atoms with Crippen LogP contribution in [-0.2, 0) is 12.8 Å². The smallest absolute Gasteiger partial charge is 0.162 e. The van der Waals surface area contributed by atoms with Gasteiger partial charge in [0.1, 0.15) is 0 Å². The molecule has 1 N–H and O–H groups in total. The van der Waals surface area contributed by atoms with Crippen molar-refractivity contribution in [3.05, 3.63) is 23.4 Å². The van der Waals surface area contributed by atoms with Gasteiger partial charge in [0.05, 0.1) is 19.7 Å². The number of nitrogens with zero attached hydrogens (tertiary/aromatic N) is 2. The number of aromatic nitrogens is 1. The first-order valence-electron chi connectivity index (χ1n) is 10.3. The van der Waals surface area contributed by atoms with Gasteiger partial charge in [-0.2, -0.15) is 0 Å². The number of piperidine rings is 1. The number of pyridine rings is 1. The van der Waals surface area contributed by atoms with Crippen molar-refractivity contribution in [3.63, 3.8) is 0 Å². The molecule has 0 amide bonds. The summed E-state index contributed by atoms with van der Waals surface area (Å²) in [6.07, 6.45) is 8.70. The second-order valence-electron chi connectivity index (χ2n) is 8.20. The van der Waals surface area contributed by atoms with E-state index in [-0.39, 0.29) is 0 Å². The molecule has 0 unspecified atom stereocenters. The summed E-state index contributed by atoms with van der Waals surface area (Å²) in [4.78, 5) is 7.65. The number of rotatable bonds is 5. The first-order chi connectivity index (χ1) is 13.3. The monoisotopic (exact) mass is 367 g/mol. The summed E-state index contributed by atoms with van der Waals surface area (Å²) >= 11 is 0. The molecule has 2 fully saturated rings. The minimum atomic E-state index is 0.516. The van der Waals surface area contributed by atoms with Crippen molar-refractivity contribution < 1.29 is 9.47 Å². The molecule has 1 aromatic heterocycles. The minimum Gasteiger partial charge on any atom is -0.493 e. The van der Waals surface area contributed by atoms with Crippen LogP contribution in [0.15, 0.2) is 12.1 Å². The van der Waals surface area contributed by atoms with E-state index >= 15 is 0 Å². The zero-order chi connectivity index (χ0) is 18.4. The summed E-state index contributed by atoms with van der Waals surface area (Å²) < 4.78 is 11.1. The van der Waals surface area contributed by atoms with Gasteiger partial charge in [0.15, 0.2) is 11.5 Å². The fraction of sp³-hybridized carbons (Fsp3) is 0.591. The van der Waals surface area contributed by atoms with Crippen molar-refractivity contribution in [1.29, 1.82) is 0 Å². The fourth-order valence-electron chi connectivity index (χ4n) is 4.85. The quantitative estimate of drug-likeness (QED) is 0.871. The maximum atomic E-state index is 5.58. The lowest BCUT2D eigenvalue weighted by molar-refractivity contribution is 0.207. The van der Waals surface area contributed by atoms with Crippen molar-refractivity contribution in [2.24, 2.45) is 0 Å². The topological polar surface area (TPSA) is 46.6 Å². The van der Waals surface area contributed by atoms with Crippen LogP contribution in [0.25, 0.3) is 10.9 Å². The van der Waals surface area contributed by atoms with E-state index in [9.17, 15) is 0 Å². The number of aryl methyl sites for hydroxylation is 1. The maximum Gasteiger partial charge on any atom is 0.162 e. The second-order valence-corrected chi connectivity index (χ2v) is 8.20. The largest absolute Gasteiger partial charge is 0.493 e. The van der Waals surface area contributed by atoms with Crippen LogP contribution in [0.1, 0.15) is 43.4 Å². The van der Waals surface area contributed by atoms with Crippen molar-refractivity contribution >= 4 is 16.6 Å². The first-order valence-corrected chi connectivity index (χ1v) is 10.3. The van der Waals surface area contributed by atoms with E-state index in [0.717, 1.165) is 47.8 Å². The lowest BCUT2D eigenvalue weighted by atomic mass is 10.0. The van der Waals surface area contributed by atoms with Crippen LogP contribution in [-0.4, -0.2) is 49.3 Å². The van der Waals surface area contributed by atoms with Gasteiger partial charge >= 0.3 is 0 Å². The summed E-state index contributed by atoms with van der Waals surface area (Å²) in [5.41, 5.74) is 4.96. The first kappa shape index (κ1) is 17.1. The molecule has 1 saturated heterocycles. The van der Waals surface area contributed by atoms with Crippen molar-refractivity contribution in [2.45, 2.75) is 57.0 Å². The number of likely N-dealkylation sites (tertiary alicyclic amines) is 1. The molecule has 144 valence electrons. The van der Waals surface area contributed by atoms with E-state index in [1.54, 1.807) is 14.2 Å². The van der Waals surface area contributed by atoms with Crippen LogP contribution in [0, 0.1) is 0 Å². The number of ether oxygens (including phenoxy) is 2.